The summed E-state index contributed by atoms with van der Waals surface area (Å²) in [5, 5.41) is 7.76. The van der Waals surface area contributed by atoms with Crippen LogP contribution in [0.25, 0.3) is 0 Å². The van der Waals surface area contributed by atoms with E-state index in [4.69, 9.17) is 24.3 Å². The van der Waals surface area contributed by atoms with Crippen molar-refractivity contribution in [3.63, 3.8) is 0 Å². The summed E-state index contributed by atoms with van der Waals surface area (Å²) in [6.07, 6.45) is -8.41. The quantitative estimate of drug-likeness (QED) is 0.0418. The lowest BCUT2D eigenvalue weighted by Crippen LogP contribution is -2.33. The van der Waals surface area contributed by atoms with Crippen LogP contribution in [0.4, 0.5) is 49.1 Å². The fraction of sp³-hybridized carbons (Fsp3) is 0.510. The molecule has 0 aliphatic heterocycles. The molecular weight excluding hydrogens is 1130 g/mol. The van der Waals surface area contributed by atoms with Gasteiger partial charge in [0.2, 0.25) is 0 Å². The molecule has 0 aliphatic rings. The Morgan fingerprint density at radius 2 is 0.936 bits per heavy atom. The molecule has 3 aromatic rings. The topological polar surface area (TPSA) is 206 Å². The Labute approximate surface area is 458 Å². The molecule has 14 nitrogen and oxygen atoms in total. The van der Waals surface area contributed by atoms with Crippen molar-refractivity contribution < 1.29 is 89.6 Å². The first kappa shape index (κ1) is 73.3. The molecular formula is C51H71F9N3O11PS3. The van der Waals surface area contributed by atoms with Gasteiger partial charge in [0, 0.05) is 45.0 Å². The molecule has 27 heteroatoms. The van der Waals surface area contributed by atoms with E-state index in [1.807, 2.05) is 0 Å². The number of aryl methyl sites for hydroxylation is 3. The van der Waals surface area contributed by atoms with E-state index >= 15 is 0 Å². The molecule has 2 amide bonds. The number of aldehydes is 1. The van der Waals surface area contributed by atoms with Crippen LogP contribution in [0.1, 0.15) is 114 Å². The minimum atomic E-state index is -4.53. The SMILES string of the molecule is CC(C)(C)OC(=O)NCCCC=O.CCOP(=O)(CS(=O)c1cc(C)cc(C(F)(F)F)c1)OCC.Cc1cc(S(=O)/C=C/CCN)cc(C(F)(F)F)c1.Cc1cc(S(=O)/C=C/CCNC(=O)OC(C)(C)C)cc(C(F)(F)F)c1. The number of alkyl carbamates (subject to hydrolysis) is 2. The minimum absolute atomic E-state index is 0.0491. The Balaban J connectivity index is 0.00000104. The molecule has 0 spiro atoms. The fourth-order valence-electron chi connectivity index (χ4n) is 5.65. The van der Waals surface area contributed by atoms with Gasteiger partial charge in [-0.2, -0.15) is 39.5 Å². The van der Waals surface area contributed by atoms with E-state index in [-0.39, 0.29) is 34.4 Å². The Bertz CT molecular complexity index is 2550. The van der Waals surface area contributed by atoms with Crippen LogP contribution in [0.3, 0.4) is 0 Å². The molecule has 0 heterocycles. The van der Waals surface area contributed by atoms with Crippen molar-refractivity contribution in [1.29, 1.82) is 0 Å². The zero-order valence-corrected chi connectivity index (χ0v) is 48.6. The van der Waals surface area contributed by atoms with E-state index in [1.165, 1.54) is 42.9 Å². The molecule has 0 saturated carbocycles. The smallest absolute Gasteiger partial charge is 0.416 e. The third kappa shape index (κ3) is 33.0. The number of benzene rings is 3. The molecule has 3 unspecified atom stereocenters. The van der Waals surface area contributed by atoms with E-state index < -0.39 is 104 Å². The average molecular weight is 1200 g/mol. The number of ether oxygens (including phenoxy) is 2. The summed E-state index contributed by atoms with van der Waals surface area (Å²) in [6.45, 7) is 19.7. The molecule has 3 atom stereocenters. The van der Waals surface area contributed by atoms with Crippen molar-refractivity contribution in [3.8, 4) is 0 Å². The highest BCUT2D eigenvalue weighted by Gasteiger charge is 2.34. The van der Waals surface area contributed by atoms with Crippen molar-refractivity contribution in [1.82, 2.24) is 10.6 Å². The van der Waals surface area contributed by atoms with Gasteiger partial charge in [-0.3, -0.25) is 8.77 Å². The van der Waals surface area contributed by atoms with E-state index in [0.29, 0.717) is 55.5 Å². The van der Waals surface area contributed by atoms with Gasteiger partial charge < -0.3 is 39.7 Å². The van der Waals surface area contributed by atoms with Gasteiger partial charge in [0.25, 0.3) is 0 Å². The van der Waals surface area contributed by atoms with Crippen molar-refractivity contribution in [2.45, 2.75) is 146 Å². The molecule has 3 aromatic carbocycles. The number of unbranched alkanes of at least 4 members (excludes halogenated alkanes) is 1. The number of carbonyl (C=O) groups is 3. The largest absolute Gasteiger partial charge is 0.444 e. The molecule has 78 heavy (non-hydrogen) atoms. The molecule has 0 saturated heterocycles. The third-order valence-corrected chi connectivity index (χ3v) is 15.3. The first-order valence-corrected chi connectivity index (χ1v) is 29.3. The van der Waals surface area contributed by atoms with Gasteiger partial charge in [0.05, 0.1) is 62.3 Å². The van der Waals surface area contributed by atoms with Crippen LogP contribution in [0.2, 0.25) is 0 Å². The number of nitrogens with one attached hydrogen (secondary N) is 2. The maximum atomic E-state index is 12.8. The van der Waals surface area contributed by atoms with Gasteiger partial charge in [-0.05, 0) is 173 Å². The number of hydrogen-bond donors (Lipinski definition) is 3. The van der Waals surface area contributed by atoms with Crippen LogP contribution >= 0.6 is 7.60 Å². The van der Waals surface area contributed by atoms with Crippen LogP contribution in [-0.4, -0.2) is 80.6 Å². The lowest BCUT2D eigenvalue weighted by atomic mass is 10.1. The van der Waals surface area contributed by atoms with Gasteiger partial charge in [-0.1, -0.05) is 12.2 Å². The van der Waals surface area contributed by atoms with Crippen LogP contribution in [0, 0.1) is 20.8 Å². The standard InChI is InChI=1S/C17H22F3NO3S.C13H18F3O4PS.C12H14F3NOS.C9H17NO3/c1-12-9-13(17(18,19)20)11-14(10-12)25(23)8-6-5-7-21-15(22)24-16(2,3)4;1-4-19-21(17,20-5-2)9-22(18)12-7-10(3)6-11(8-12)13(14,15)16;1-9-6-10(12(13,14)15)8-11(7-9)18(17)5-3-2-4-16;1-9(2,3)13-8(12)10-6-4-5-7-11/h6,8-11H,5,7H2,1-4H3,(H,21,22);6-8H,4-5,9H2,1-3H3;3,5-8H,2,4,16H2,1H3;7H,4-6H2,1-3H3,(H,10,12)/b8-6+;;5-3+;. The van der Waals surface area contributed by atoms with Crippen LogP contribution in [-0.2, 0) is 78.8 Å². The maximum absolute atomic E-state index is 12.8. The van der Waals surface area contributed by atoms with Gasteiger partial charge in [0.15, 0.2) is 0 Å². The highest BCUT2D eigenvalue weighted by atomic mass is 32.2. The normalized spacial score (nSPS) is 13.4. The molecule has 0 aromatic heterocycles. The van der Waals surface area contributed by atoms with Crippen molar-refractivity contribution in [2.24, 2.45) is 5.73 Å². The zero-order chi connectivity index (χ0) is 60.3. The van der Waals surface area contributed by atoms with Crippen LogP contribution in [0.15, 0.2) is 92.3 Å². The average Bonchev–Trinajstić information content (AvgIpc) is 3.28. The highest BCUT2D eigenvalue weighted by Crippen LogP contribution is 2.49. The predicted molar refractivity (Wildman–Crippen MR) is 284 cm³/mol. The van der Waals surface area contributed by atoms with Crippen molar-refractivity contribution >= 4 is 58.5 Å². The number of nitrogens with two attached hydrogens (primary N) is 1. The van der Waals surface area contributed by atoms with Gasteiger partial charge in [0.1, 0.15) is 23.0 Å². The summed E-state index contributed by atoms with van der Waals surface area (Å²) in [4.78, 5) is 32.5. The summed E-state index contributed by atoms with van der Waals surface area (Å²) in [7, 11) is -8.79. The molecule has 0 radical (unpaired) electrons. The molecule has 0 bridgehead atoms. The zero-order valence-electron chi connectivity index (χ0n) is 45.3. The molecule has 3 rings (SSSR count). The molecule has 4 N–H and O–H groups in total. The summed E-state index contributed by atoms with van der Waals surface area (Å²) < 4.78 is 183. The number of amides is 2. The lowest BCUT2D eigenvalue weighted by Gasteiger charge is -2.19. The lowest BCUT2D eigenvalue weighted by molar-refractivity contribution is -0.138. The van der Waals surface area contributed by atoms with E-state index in [9.17, 15) is 71.1 Å². The van der Waals surface area contributed by atoms with E-state index in [0.717, 1.165) is 42.7 Å². The second-order valence-corrected chi connectivity index (χ2v) is 25.0. The molecule has 0 fully saturated rings. The van der Waals surface area contributed by atoms with Gasteiger partial charge in [-0.25, -0.2) is 18.0 Å². The Morgan fingerprint density at radius 1 is 0.577 bits per heavy atom. The number of alkyl halides is 9. The number of hydrogen-bond acceptors (Lipinski definition) is 12. The Hall–Kier alpha value is -4.72. The molecule has 442 valence electrons. The molecule has 0 aliphatic carbocycles. The Kier molecular flexibility index (Phi) is 32.3. The van der Waals surface area contributed by atoms with E-state index in [1.54, 1.807) is 74.5 Å². The first-order chi connectivity index (χ1) is 35.8. The Morgan fingerprint density at radius 3 is 1.28 bits per heavy atom. The van der Waals surface area contributed by atoms with Crippen LogP contribution < -0.4 is 16.4 Å². The first-order valence-electron chi connectivity index (χ1n) is 23.8. The summed E-state index contributed by atoms with van der Waals surface area (Å²) in [6, 6.07) is 9.90. The summed E-state index contributed by atoms with van der Waals surface area (Å²) in [5.41, 5.74) is 2.37. The number of halogens is 9. The summed E-state index contributed by atoms with van der Waals surface area (Å²) >= 11 is 0. The minimum Gasteiger partial charge on any atom is -0.444 e. The monoisotopic (exact) mass is 1200 g/mol. The fourth-order valence-corrected chi connectivity index (χ4v) is 11.5. The number of carbonyl (C=O) groups excluding carboxylic acids is 3. The maximum Gasteiger partial charge on any atom is 0.416 e. The number of rotatable bonds is 20. The van der Waals surface area contributed by atoms with Crippen LogP contribution in [0.5, 0.6) is 0 Å². The van der Waals surface area contributed by atoms with Crippen molar-refractivity contribution in [3.05, 3.63) is 111 Å². The summed E-state index contributed by atoms with van der Waals surface area (Å²) in [5.74, 6) is 0. The second kappa shape index (κ2) is 34.4. The predicted octanol–water partition coefficient (Wildman–Crippen LogP) is 13.4. The van der Waals surface area contributed by atoms with E-state index in [2.05, 4.69) is 10.6 Å². The van der Waals surface area contributed by atoms with Gasteiger partial charge >= 0.3 is 38.3 Å². The van der Waals surface area contributed by atoms with Crippen molar-refractivity contribution in [2.75, 3.05) is 38.3 Å². The second-order valence-electron chi connectivity index (χ2n) is 18.4. The third-order valence-electron chi connectivity index (χ3n) is 8.71. The van der Waals surface area contributed by atoms with Gasteiger partial charge in [-0.15, -0.1) is 0 Å². The highest BCUT2D eigenvalue weighted by molar-refractivity contribution is 7.92.